The second-order valence-corrected chi connectivity index (χ2v) is 3.00. The van der Waals surface area contributed by atoms with Crippen LogP contribution < -0.4 is 10.1 Å². The summed E-state index contributed by atoms with van der Waals surface area (Å²) < 4.78 is 17.1. The summed E-state index contributed by atoms with van der Waals surface area (Å²) in [6.07, 6.45) is 1.03. The van der Waals surface area contributed by atoms with Crippen molar-refractivity contribution < 1.29 is 9.13 Å². The fourth-order valence-corrected chi connectivity index (χ4v) is 1.58. The van der Waals surface area contributed by atoms with Crippen LogP contribution in [0.25, 0.3) is 0 Å². The number of ether oxygens (including phenoxy) is 1. The Balaban J connectivity index is 2.20. The van der Waals surface area contributed by atoms with E-state index in [1.165, 1.54) is 5.56 Å². The Morgan fingerprint density at radius 3 is 3.23 bits per heavy atom. The molecule has 1 heterocycles. The Hall–Kier alpha value is -1.25. The van der Waals surface area contributed by atoms with E-state index in [0.717, 1.165) is 24.4 Å². The lowest BCUT2D eigenvalue weighted by atomic mass is 10.1. The molecular weight excluding hydrogens is 169 g/mol. The maximum absolute atomic E-state index is 11.9. The van der Waals surface area contributed by atoms with Gasteiger partial charge in [0.15, 0.2) is 0 Å². The van der Waals surface area contributed by atoms with Crippen molar-refractivity contribution in [2.24, 2.45) is 0 Å². The summed E-state index contributed by atoms with van der Waals surface area (Å²) in [5.74, 6) is 0.771. The van der Waals surface area contributed by atoms with Gasteiger partial charge in [-0.3, -0.25) is 0 Å². The molecule has 0 saturated carbocycles. The molecule has 0 spiro atoms. The first-order valence-electron chi connectivity index (χ1n) is 4.46. The van der Waals surface area contributed by atoms with Gasteiger partial charge in [0.25, 0.3) is 0 Å². The monoisotopic (exact) mass is 181 g/mol. The second-order valence-electron chi connectivity index (χ2n) is 3.00. The van der Waals surface area contributed by atoms with Crippen molar-refractivity contribution >= 4 is 5.69 Å². The van der Waals surface area contributed by atoms with Crippen LogP contribution in [0.2, 0.25) is 0 Å². The Bertz CT molecular complexity index is 301. The van der Waals surface area contributed by atoms with E-state index in [1.54, 1.807) is 0 Å². The molecule has 0 aromatic heterocycles. The van der Waals surface area contributed by atoms with Crippen molar-refractivity contribution in [1.29, 1.82) is 0 Å². The van der Waals surface area contributed by atoms with Gasteiger partial charge in [-0.15, -0.1) is 0 Å². The van der Waals surface area contributed by atoms with Crippen molar-refractivity contribution in [3.8, 4) is 5.75 Å². The van der Waals surface area contributed by atoms with Crippen LogP contribution >= 0.6 is 0 Å². The number of anilines is 1. The van der Waals surface area contributed by atoms with Crippen LogP contribution in [0, 0.1) is 0 Å². The van der Waals surface area contributed by atoms with E-state index in [1.807, 2.05) is 12.1 Å². The lowest BCUT2D eigenvalue weighted by Crippen LogP contribution is -2.01. The minimum Gasteiger partial charge on any atom is -0.489 e. The minimum atomic E-state index is -0.441. The van der Waals surface area contributed by atoms with Gasteiger partial charge in [-0.25, -0.2) is 4.39 Å². The highest BCUT2D eigenvalue weighted by Gasteiger charge is 2.13. The maximum Gasteiger partial charge on any atom is 0.142 e. The molecule has 0 atom stereocenters. The maximum atomic E-state index is 11.9. The van der Waals surface area contributed by atoms with E-state index in [4.69, 9.17) is 4.74 Å². The van der Waals surface area contributed by atoms with Gasteiger partial charge in [0.2, 0.25) is 0 Å². The SMILES string of the molecule is FCCOc1cccc2c1NCC2. The Kier molecular flexibility index (Phi) is 2.34. The van der Waals surface area contributed by atoms with Crippen molar-refractivity contribution in [3.63, 3.8) is 0 Å². The number of benzene rings is 1. The number of para-hydroxylation sites is 1. The molecule has 1 aromatic rings. The fourth-order valence-electron chi connectivity index (χ4n) is 1.58. The Labute approximate surface area is 76.7 Å². The molecule has 2 nitrogen and oxygen atoms in total. The van der Waals surface area contributed by atoms with Gasteiger partial charge >= 0.3 is 0 Å². The first-order valence-corrected chi connectivity index (χ1v) is 4.46. The summed E-state index contributed by atoms with van der Waals surface area (Å²) >= 11 is 0. The van der Waals surface area contributed by atoms with Crippen LogP contribution in [0.3, 0.4) is 0 Å². The zero-order valence-corrected chi connectivity index (χ0v) is 7.35. The lowest BCUT2D eigenvalue weighted by Gasteiger charge is -2.08. The fraction of sp³-hybridized carbons (Fsp3) is 0.400. The number of alkyl halides is 1. The largest absolute Gasteiger partial charge is 0.489 e. The molecule has 1 N–H and O–H groups in total. The molecule has 3 heteroatoms. The standard InChI is InChI=1S/C10H12FNO/c11-5-7-13-9-3-1-2-8-4-6-12-10(8)9/h1-3,12H,4-7H2. The van der Waals surface area contributed by atoms with Crippen LogP contribution in [0.15, 0.2) is 18.2 Å². The number of hydrogen-bond acceptors (Lipinski definition) is 2. The molecule has 0 saturated heterocycles. The van der Waals surface area contributed by atoms with E-state index in [-0.39, 0.29) is 6.61 Å². The van der Waals surface area contributed by atoms with Gasteiger partial charge in [-0.05, 0) is 18.1 Å². The van der Waals surface area contributed by atoms with E-state index < -0.39 is 6.67 Å². The molecule has 1 aliphatic heterocycles. The van der Waals surface area contributed by atoms with Crippen LogP contribution in [-0.4, -0.2) is 19.8 Å². The van der Waals surface area contributed by atoms with E-state index in [0.29, 0.717) is 0 Å². The van der Waals surface area contributed by atoms with Gasteiger partial charge in [0.1, 0.15) is 19.0 Å². The van der Waals surface area contributed by atoms with E-state index >= 15 is 0 Å². The van der Waals surface area contributed by atoms with Gasteiger partial charge in [-0.2, -0.15) is 0 Å². The molecule has 0 unspecified atom stereocenters. The third-order valence-electron chi connectivity index (χ3n) is 2.14. The summed E-state index contributed by atoms with van der Waals surface area (Å²) in [7, 11) is 0. The summed E-state index contributed by atoms with van der Waals surface area (Å²) in [6, 6.07) is 5.88. The summed E-state index contributed by atoms with van der Waals surface area (Å²) in [5.41, 5.74) is 2.30. The number of rotatable bonds is 3. The molecule has 13 heavy (non-hydrogen) atoms. The van der Waals surface area contributed by atoms with Crippen LogP contribution in [-0.2, 0) is 6.42 Å². The van der Waals surface area contributed by atoms with Crippen LogP contribution in [0.5, 0.6) is 5.75 Å². The molecule has 1 aromatic carbocycles. The van der Waals surface area contributed by atoms with Crippen molar-refractivity contribution in [2.45, 2.75) is 6.42 Å². The average Bonchev–Trinajstić information content (AvgIpc) is 2.62. The summed E-state index contributed by atoms with van der Waals surface area (Å²) in [6.45, 7) is 0.646. The third kappa shape index (κ3) is 1.59. The zero-order chi connectivity index (χ0) is 9.10. The number of fused-ring (bicyclic) bond motifs is 1. The van der Waals surface area contributed by atoms with Gasteiger partial charge < -0.3 is 10.1 Å². The predicted molar refractivity (Wildman–Crippen MR) is 50.1 cm³/mol. The molecule has 0 aliphatic carbocycles. The highest BCUT2D eigenvalue weighted by molar-refractivity contribution is 5.65. The smallest absolute Gasteiger partial charge is 0.142 e. The molecule has 70 valence electrons. The molecule has 0 fully saturated rings. The second kappa shape index (κ2) is 3.64. The molecule has 0 amide bonds. The van der Waals surface area contributed by atoms with Gasteiger partial charge in [0, 0.05) is 6.54 Å². The molecule has 2 rings (SSSR count). The first-order chi connectivity index (χ1) is 6.42. The lowest BCUT2D eigenvalue weighted by molar-refractivity contribution is 0.274. The van der Waals surface area contributed by atoms with Crippen LogP contribution in [0.4, 0.5) is 10.1 Å². The summed E-state index contributed by atoms with van der Waals surface area (Å²) in [4.78, 5) is 0. The Morgan fingerprint density at radius 1 is 1.46 bits per heavy atom. The number of halogens is 1. The normalized spacial score (nSPS) is 13.6. The van der Waals surface area contributed by atoms with Crippen molar-refractivity contribution in [3.05, 3.63) is 23.8 Å². The molecule has 0 radical (unpaired) electrons. The molecular formula is C10H12FNO. The highest BCUT2D eigenvalue weighted by Crippen LogP contribution is 2.32. The zero-order valence-electron chi connectivity index (χ0n) is 7.35. The number of nitrogens with one attached hydrogen (secondary N) is 1. The highest BCUT2D eigenvalue weighted by atomic mass is 19.1. The molecule has 0 bridgehead atoms. The first kappa shape index (κ1) is 8.35. The van der Waals surface area contributed by atoms with Crippen molar-refractivity contribution in [1.82, 2.24) is 0 Å². The van der Waals surface area contributed by atoms with Gasteiger partial charge in [-0.1, -0.05) is 12.1 Å². The van der Waals surface area contributed by atoms with E-state index in [2.05, 4.69) is 11.4 Å². The topological polar surface area (TPSA) is 21.3 Å². The quantitative estimate of drug-likeness (QED) is 0.770. The summed E-state index contributed by atoms with van der Waals surface area (Å²) in [5, 5.41) is 3.23. The van der Waals surface area contributed by atoms with Gasteiger partial charge in [0.05, 0.1) is 5.69 Å². The van der Waals surface area contributed by atoms with Crippen molar-refractivity contribution in [2.75, 3.05) is 25.1 Å². The number of hydrogen-bond donors (Lipinski definition) is 1. The third-order valence-corrected chi connectivity index (χ3v) is 2.14. The molecule has 1 aliphatic rings. The van der Waals surface area contributed by atoms with Crippen LogP contribution in [0.1, 0.15) is 5.56 Å². The Morgan fingerprint density at radius 2 is 2.38 bits per heavy atom. The minimum absolute atomic E-state index is 0.137. The van der Waals surface area contributed by atoms with E-state index in [9.17, 15) is 4.39 Å². The predicted octanol–water partition coefficient (Wildman–Crippen LogP) is 2.00. The average molecular weight is 181 g/mol.